The number of nitrogens with two attached hydrogens (primary N) is 1. The largest absolute Gasteiger partial charge is 0.490 e. The molecule has 0 heterocycles. The molecule has 0 radical (unpaired) electrons. The summed E-state index contributed by atoms with van der Waals surface area (Å²) in [6.45, 7) is 3.60. The van der Waals surface area contributed by atoms with Crippen LogP contribution in [0.2, 0.25) is 5.02 Å². The van der Waals surface area contributed by atoms with E-state index in [4.69, 9.17) is 26.8 Å². The number of hydrazone groups is 1. The van der Waals surface area contributed by atoms with E-state index in [1.54, 1.807) is 50.2 Å². The minimum Gasteiger partial charge on any atom is -0.490 e. The number of primary amides is 1. The van der Waals surface area contributed by atoms with E-state index < -0.39 is 17.7 Å². The Morgan fingerprint density at radius 1 is 1.13 bits per heavy atom. The van der Waals surface area contributed by atoms with E-state index in [1.807, 2.05) is 0 Å². The number of anilines is 1. The van der Waals surface area contributed by atoms with E-state index in [0.29, 0.717) is 39.9 Å². The molecule has 2 aromatic rings. The molecule has 0 aliphatic carbocycles. The van der Waals surface area contributed by atoms with Crippen molar-refractivity contribution in [3.8, 4) is 11.5 Å². The number of hydrogen-bond donors (Lipinski definition) is 3. The smallest absolute Gasteiger partial charge is 0.329 e. The van der Waals surface area contributed by atoms with Gasteiger partial charge in [0, 0.05) is 10.7 Å². The number of benzene rings is 2. The molecule has 10 heteroatoms. The summed E-state index contributed by atoms with van der Waals surface area (Å²) in [6.07, 6.45) is 1.33. The molecule has 0 unspecified atom stereocenters. The van der Waals surface area contributed by atoms with Gasteiger partial charge in [-0.25, -0.2) is 5.43 Å². The maximum absolute atomic E-state index is 12.0. The molecule has 0 spiro atoms. The molecule has 0 saturated heterocycles. The van der Waals surface area contributed by atoms with E-state index in [2.05, 4.69) is 15.8 Å². The molecule has 30 heavy (non-hydrogen) atoms. The van der Waals surface area contributed by atoms with E-state index in [-0.39, 0.29) is 6.61 Å². The van der Waals surface area contributed by atoms with Crippen LogP contribution in [0.25, 0.3) is 0 Å². The Balaban J connectivity index is 2.00. The van der Waals surface area contributed by atoms with Gasteiger partial charge in [0.1, 0.15) is 0 Å². The van der Waals surface area contributed by atoms with Crippen LogP contribution in [0, 0.1) is 6.92 Å². The lowest BCUT2D eigenvalue weighted by Gasteiger charge is -2.11. The third kappa shape index (κ3) is 6.49. The van der Waals surface area contributed by atoms with Gasteiger partial charge in [0.15, 0.2) is 18.1 Å². The molecule has 2 aromatic carbocycles. The topological polar surface area (TPSA) is 132 Å². The Hall–Kier alpha value is -3.59. The standard InChI is InChI=1S/C20H21ClN4O5/c1-3-29-17-9-13(7-8-16(17)30-11-18(22)26)10-23-25-20(28)19(27)24-15-6-4-5-14(21)12(15)2/h4-10H,3,11H2,1-2H3,(H2,22,26)(H,24,27)(H,25,28)/b23-10+. The molecule has 0 aliphatic rings. The van der Waals surface area contributed by atoms with Crippen molar-refractivity contribution in [2.45, 2.75) is 13.8 Å². The number of rotatable bonds is 8. The van der Waals surface area contributed by atoms with Gasteiger partial charge in [0.2, 0.25) is 0 Å². The summed E-state index contributed by atoms with van der Waals surface area (Å²) >= 11 is 5.99. The van der Waals surface area contributed by atoms with Gasteiger partial charge >= 0.3 is 11.8 Å². The average Bonchev–Trinajstić information content (AvgIpc) is 2.70. The number of ether oxygens (including phenoxy) is 2. The number of nitrogens with one attached hydrogen (secondary N) is 2. The van der Waals surface area contributed by atoms with E-state index in [1.165, 1.54) is 6.21 Å². The van der Waals surface area contributed by atoms with Gasteiger partial charge in [-0.05, 0) is 55.3 Å². The van der Waals surface area contributed by atoms with Crippen molar-refractivity contribution in [1.82, 2.24) is 5.43 Å². The second-order valence-electron chi connectivity index (χ2n) is 5.96. The van der Waals surface area contributed by atoms with Gasteiger partial charge in [-0.3, -0.25) is 14.4 Å². The Kier molecular flexibility index (Phi) is 8.18. The van der Waals surface area contributed by atoms with E-state index >= 15 is 0 Å². The highest BCUT2D eigenvalue weighted by molar-refractivity contribution is 6.40. The highest BCUT2D eigenvalue weighted by Crippen LogP contribution is 2.28. The maximum Gasteiger partial charge on any atom is 0.329 e. The zero-order valence-electron chi connectivity index (χ0n) is 16.4. The molecule has 0 bridgehead atoms. The van der Waals surface area contributed by atoms with Crippen LogP contribution in [-0.2, 0) is 14.4 Å². The number of halogens is 1. The first-order valence-electron chi connectivity index (χ1n) is 8.89. The predicted molar refractivity (Wildman–Crippen MR) is 113 cm³/mol. The van der Waals surface area contributed by atoms with Gasteiger partial charge in [-0.15, -0.1) is 0 Å². The number of amides is 3. The van der Waals surface area contributed by atoms with Crippen LogP contribution in [0.4, 0.5) is 5.69 Å². The lowest BCUT2D eigenvalue weighted by molar-refractivity contribution is -0.136. The Morgan fingerprint density at radius 3 is 2.60 bits per heavy atom. The third-order valence-electron chi connectivity index (χ3n) is 3.74. The van der Waals surface area contributed by atoms with Crippen molar-refractivity contribution in [2.24, 2.45) is 10.8 Å². The monoisotopic (exact) mass is 432 g/mol. The lowest BCUT2D eigenvalue weighted by atomic mass is 10.2. The molecule has 9 nitrogen and oxygen atoms in total. The molecular weight excluding hydrogens is 412 g/mol. The third-order valence-corrected chi connectivity index (χ3v) is 4.15. The molecule has 0 saturated carbocycles. The van der Waals surface area contributed by atoms with Crippen LogP contribution in [0.1, 0.15) is 18.1 Å². The molecule has 0 aliphatic heterocycles. The Labute approximate surface area is 178 Å². The summed E-state index contributed by atoms with van der Waals surface area (Å²) in [5.74, 6) is -1.73. The van der Waals surface area contributed by atoms with Gasteiger partial charge in [0.05, 0.1) is 12.8 Å². The van der Waals surface area contributed by atoms with Crippen LogP contribution >= 0.6 is 11.6 Å². The number of carbonyl (C=O) groups is 3. The van der Waals surface area contributed by atoms with Gasteiger partial charge in [-0.1, -0.05) is 17.7 Å². The molecule has 0 fully saturated rings. The number of nitrogens with zero attached hydrogens (tertiary/aromatic N) is 1. The van der Waals surface area contributed by atoms with E-state index in [0.717, 1.165) is 0 Å². The summed E-state index contributed by atoms with van der Waals surface area (Å²) in [7, 11) is 0. The van der Waals surface area contributed by atoms with Gasteiger partial charge < -0.3 is 20.5 Å². The first kappa shape index (κ1) is 22.7. The van der Waals surface area contributed by atoms with Gasteiger partial charge in [-0.2, -0.15) is 5.10 Å². The number of carbonyl (C=O) groups excluding carboxylic acids is 3. The van der Waals surface area contributed by atoms with Crippen LogP contribution < -0.4 is 25.9 Å². The van der Waals surface area contributed by atoms with Crippen molar-refractivity contribution in [3.05, 3.63) is 52.5 Å². The summed E-state index contributed by atoms with van der Waals surface area (Å²) < 4.78 is 10.7. The fourth-order valence-electron chi connectivity index (χ4n) is 2.28. The zero-order valence-corrected chi connectivity index (χ0v) is 17.2. The fourth-order valence-corrected chi connectivity index (χ4v) is 2.45. The Morgan fingerprint density at radius 2 is 1.90 bits per heavy atom. The van der Waals surface area contributed by atoms with Crippen molar-refractivity contribution in [1.29, 1.82) is 0 Å². The van der Waals surface area contributed by atoms with E-state index in [9.17, 15) is 14.4 Å². The second kappa shape index (κ2) is 10.8. The lowest BCUT2D eigenvalue weighted by Crippen LogP contribution is -2.32. The maximum atomic E-state index is 12.0. The molecule has 158 valence electrons. The summed E-state index contributed by atoms with van der Waals surface area (Å²) in [5.41, 5.74) is 8.86. The summed E-state index contributed by atoms with van der Waals surface area (Å²) in [4.78, 5) is 34.8. The fraction of sp³-hybridized carbons (Fsp3) is 0.200. The van der Waals surface area contributed by atoms with Crippen molar-refractivity contribution >= 4 is 41.2 Å². The minimum absolute atomic E-state index is 0.287. The normalized spacial score (nSPS) is 10.5. The molecule has 0 atom stereocenters. The van der Waals surface area contributed by atoms with Crippen LogP contribution in [0.15, 0.2) is 41.5 Å². The predicted octanol–water partition coefficient (Wildman–Crippen LogP) is 2.00. The van der Waals surface area contributed by atoms with Crippen molar-refractivity contribution < 1.29 is 23.9 Å². The summed E-state index contributed by atoms with van der Waals surface area (Å²) in [5, 5.41) is 6.71. The quantitative estimate of drug-likeness (QED) is 0.333. The SMILES string of the molecule is CCOc1cc(/C=N/NC(=O)C(=O)Nc2cccc(Cl)c2C)ccc1OCC(N)=O. The van der Waals surface area contributed by atoms with Crippen LogP contribution in [-0.4, -0.2) is 37.1 Å². The summed E-state index contributed by atoms with van der Waals surface area (Å²) in [6, 6.07) is 9.78. The number of hydrogen-bond acceptors (Lipinski definition) is 6. The van der Waals surface area contributed by atoms with Crippen LogP contribution in [0.3, 0.4) is 0 Å². The van der Waals surface area contributed by atoms with Gasteiger partial charge in [0.25, 0.3) is 5.91 Å². The minimum atomic E-state index is -0.947. The first-order valence-corrected chi connectivity index (χ1v) is 9.27. The second-order valence-corrected chi connectivity index (χ2v) is 6.37. The highest BCUT2D eigenvalue weighted by Gasteiger charge is 2.14. The molecule has 2 rings (SSSR count). The zero-order chi connectivity index (χ0) is 22.1. The van der Waals surface area contributed by atoms with Crippen molar-refractivity contribution in [2.75, 3.05) is 18.5 Å². The van der Waals surface area contributed by atoms with Crippen molar-refractivity contribution in [3.63, 3.8) is 0 Å². The molecule has 4 N–H and O–H groups in total. The first-order chi connectivity index (χ1) is 14.3. The molecule has 3 amide bonds. The molecular formula is C20H21ClN4O5. The molecule has 0 aromatic heterocycles. The Bertz CT molecular complexity index is 978. The van der Waals surface area contributed by atoms with Crippen LogP contribution in [0.5, 0.6) is 11.5 Å². The highest BCUT2D eigenvalue weighted by atomic mass is 35.5. The average molecular weight is 433 g/mol.